The van der Waals surface area contributed by atoms with E-state index in [0.29, 0.717) is 44.8 Å². The molecule has 0 aliphatic heterocycles. The molecule has 0 saturated heterocycles. The molecule has 2 heterocycles. The van der Waals surface area contributed by atoms with Gasteiger partial charge in [0.15, 0.2) is 0 Å². The molecule has 336 valence electrons. The first-order chi connectivity index (χ1) is 31.7. The van der Waals surface area contributed by atoms with E-state index in [-0.39, 0.29) is 24.7 Å². The van der Waals surface area contributed by atoms with E-state index in [9.17, 15) is 23.5 Å². The zero-order chi connectivity index (χ0) is 47.1. The Hall–Kier alpha value is -6.18. The maximum atomic E-state index is 13.4. The lowest BCUT2D eigenvalue weighted by molar-refractivity contribution is 0.0525. The number of halogens is 6. The number of esters is 1. The van der Waals surface area contributed by atoms with Crippen molar-refractivity contribution in [3.8, 4) is 45.4 Å². The molecule has 0 radical (unpaired) electrons. The van der Waals surface area contributed by atoms with Crippen LogP contribution in [0.4, 0.5) is 8.78 Å². The lowest BCUT2D eigenvalue weighted by Gasteiger charge is -2.17. The quantitative estimate of drug-likeness (QED) is 0.116. The van der Waals surface area contributed by atoms with Crippen molar-refractivity contribution >= 4 is 67.0 Å². The van der Waals surface area contributed by atoms with Gasteiger partial charge in [0.25, 0.3) is 0 Å². The van der Waals surface area contributed by atoms with Crippen LogP contribution in [0.25, 0.3) is 33.9 Å². The molecule has 8 aromatic rings. The number of carboxylic acids is 1. The molecule has 8 nitrogen and oxygen atoms in total. The number of ether oxygens (including phenoxy) is 3. The largest absolute Gasteiger partial charge is 0.488 e. The van der Waals surface area contributed by atoms with Crippen LogP contribution in [-0.2, 0) is 18.0 Å². The third kappa shape index (κ3) is 11.2. The van der Waals surface area contributed by atoms with Crippen LogP contribution in [0.15, 0.2) is 155 Å². The summed E-state index contributed by atoms with van der Waals surface area (Å²) in [4.78, 5) is 23.7. The van der Waals surface area contributed by atoms with Crippen molar-refractivity contribution in [1.82, 2.24) is 9.13 Å². The van der Waals surface area contributed by atoms with Crippen molar-refractivity contribution < 1.29 is 37.7 Å². The predicted octanol–water partition coefficient (Wildman–Crippen LogP) is 15.0. The summed E-state index contributed by atoms with van der Waals surface area (Å²) < 4.78 is 49.9. The number of carbonyl (C=O) groups excluding carboxylic acids is 1. The van der Waals surface area contributed by atoms with Gasteiger partial charge >= 0.3 is 11.9 Å². The molecule has 0 aliphatic carbocycles. The van der Waals surface area contributed by atoms with Gasteiger partial charge in [0.1, 0.15) is 36.3 Å². The van der Waals surface area contributed by atoms with Gasteiger partial charge in [-0.15, -0.1) is 0 Å². The van der Waals surface area contributed by atoms with Gasteiger partial charge in [0, 0.05) is 54.0 Å². The second kappa shape index (κ2) is 21.4. The molecule has 14 heteroatoms. The van der Waals surface area contributed by atoms with Crippen LogP contribution >= 0.6 is 55.1 Å². The Morgan fingerprint density at radius 3 is 1.48 bits per heavy atom. The molecule has 0 spiro atoms. The van der Waals surface area contributed by atoms with Crippen molar-refractivity contribution in [2.75, 3.05) is 6.61 Å². The minimum Gasteiger partial charge on any atom is -0.488 e. The van der Waals surface area contributed by atoms with Crippen LogP contribution < -0.4 is 9.47 Å². The van der Waals surface area contributed by atoms with Crippen molar-refractivity contribution in [3.05, 3.63) is 210 Å². The van der Waals surface area contributed by atoms with Gasteiger partial charge in [-0.05, 0) is 142 Å². The Balaban J connectivity index is 0.000000197. The van der Waals surface area contributed by atoms with Gasteiger partial charge in [-0.25, -0.2) is 18.4 Å². The predicted molar refractivity (Wildman–Crippen MR) is 262 cm³/mol. The number of aromatic nitrogens is 2. The standard InChI is InChI=1S/C27H22BrClFNO3.C25H18BrClFNO3/c1-3-33-27(32)18-5-4-6-22(13-18)31-17(2)7-11-25(31)23-14-20(28)9-12-26(23)34-16-19-8-10-21(30)15-24(19)29;1-15-5-9-23(29(15)20-4-2-3-16(11-20)25(30)31)21-12-18(26)7-10-24(21)32-14-17-6-8-19(28)13-22(17)27/h4-15H,3,16H2,1-2H3;2-13H,14H2,1H3,(H,30,31). The van der Waals surface area contributed by atoms with Gasteiger partial charge in [-0.1, -0.05) is 79.3 Å². The number of rotatable bonds is 13. The van der Waals surface area contributed by atoms with Crippen molar-refractivity contribution in [1.29, 1.82) is 0 Å². The Kier molecular flexibility index (Phi) is 15.5. The van der Waals surface area contributed by atoms with E-state index < -0.39 is 17.6 Å². The lowest BCUT2D eigenvalue weighted by atomic mass is 10.1. The molecule has 8 rings (SSSR count). The molecular weight excluding hydrogens is 1020 g/mol. The molecular formula is C52H40Br2Cl2F2N2O6. The first-order valence-electron chi connectivity index (χ1n) is 20.4. The summed E-state index contributed by atoms with van der Waals surface area (Å²) in [5.74, 6) is -0.887. The summed E-state index contributed by atoms with van der Waals surface area (Å²) >= 11 is 19.4. The summed E-state index contributed by atoms with van der Waals surface area (Å²) in [5.41, 5.74) is 8.92. The molecule has 1 N–H and O–H groups in total. The van der Waals surface area contributed by atoms with Crippen LogP contribution in [0.1, 0.15) is 50.2 Å². The monoisotopic (exact) mass is 1050 g/mol. The highest BCUT2D eigenvalue weighted by Gasteiger charge is 2.19. The fraction of sp³-hybridized carbons (Fsp3) is 0.115. The molecule has 0 saturated carbocycles. The first-order valence-corrected chi connectivity index (χ1v) is 22.8. The number of nitrogens with zero attached hydrogens (tertiary/aromatic N) is 2. The topological polar surface area (TPSA) is 91.9 Å². The van der Waals surface area contributed by atoms with Gasteiger partial charge < -0.3 is 28.5 Å². The molecule has 0 atom stereocenters. The van der Waals surface area contributed by atoms with Crippen LogP contribution in [-0.4, -0.2) is 32.8 Å². The summed E-state index contributed by atoms with van der Waals surface area (Å²) in [6.07, 6.45) is 0. The highest BCUT2D eigenvalue weighted by atomic mass is 79.9. The molecule has 0 fully saturated rings. The summed E-state index contributed by atoms with van der Waals surface area (Å²) in [6, 6.07) is 41.9. The number of carbonyl (C=O) groups is 2. The number of aromatic carboxylic acids is 1. The first kappa shape index (κ1) is 47.8. The Morgan fingerprint density at radius 2 is 1.05 bits per heavy atom. The maximum absolute atomic E-state index is 13.4. The van der Waals surface area contributed by atoms with Crippen molar-refractivity contribution in [2.24, 2.45) is 0 Å². The minimum absolute atomic E-state index is 0.169. The average molecular weight is 1060 g/mol. The Bertz CT molecular complexity index is 3080. The molecule has 6 aromatic carbocycles. The van der Waals surface area contributed by atoms with Gasteiger partial charge in [-0.2, -0.15) is 0 Å². The highest BCUT2D eigenvalue weighted by Crippen LogP contribution is 2.38. The smallest absolute Gasteiger partial charge is 0.338 e. The molecule has 2 aromatic heterocycles. The van der Waals surface area contributed by atoms with Crippen molar-refractivity contribution in [2.45, 2.75) is 34.0 Å². The third-order valence-corrected chi connectivity index (χ3v) is 12.0. The lowest BCUT2D eigenvalue weighted by Crippen LogP contribution is -2.07. The van der Waals surface area contributed by atoms with E-state index >= 15 is 0 Å². The third-order valence-electron chi connectivity index (χ3n) is 10.4. The van der Waals surface area contributed by atoms with E-state index in [2.05, 4.69) is 36.4 Å². The average Bonchev–Trinajstić information content (AvgIpc) is 3.88. The van der Waals surface area contributed by atoms with E-state index in [1.165, 1.54) is 24.3 Å². The van der Waals surface area contributed by atoms with Crippen LogP contribution in [0, 0.1) is 25.5 Å². The number of hydrogen-bond acceptors (Lipinski definition) is 5. The van der Waals surface area contributed by atoms with Gasteiger partial charge in [0.05, 0.1) is 39.2 Å². The zero-order valence-corrected chi connectivity index (χ0v) is 40.3. The molecule has 0 bridgehead atoms. The van der Waals surface area contributed by atoms with Crippen molar-refractivity contribution in [3.63, 3.8) is 0 Å². The Labute approximate surface area is 407 Å². The minimum atomic E-state index is -0.985. The highest BCUT2D eigenvalue weighted by molar-refractivity contribution is 9.10. The van der Waals surface area contributed by atoms with Gasteiger partial charge in [0.2, 0.25) is 0 Å². The summed E-state index contributed by atoms with van der Waals surface area (Å²) in [5, 5.41) is 10.0. The van der Waals surface area contributed by atoms with Crippen LogP contribution in [0.3, 0.4) is 0 Å². The maximum Gasteiger partial charge on any atom is 0.338 e. The fourth-order valence-corrected chi connectivity index (χ4v) is 8.36. The van der Waals surface area contributed by atoms with Gasteiger partial charge in [-0.3, -0.25) is 0 Å². The van der Waals surface area contributed by atoms with E-state index in [4.69, 9.17) is 37.4 Å². The number of hydrogen-bond donors (Lipinski definition) is 1. The SMILES string of the molecule is CCOC(=O)c1cccc(-n2c(C)ccc2-c2cc(Br)ccc2OCc2ccc(F)cc2Cl)c1.Cc1ccc(-c2cc(Br)ccc2OCc2ccc(F)cc2Cl)n1-c1cccc(C(=O)O)c1. The Morgan fingerprint density at radius 1 is 0.591 bits per heavy atom. The fourth-order valence-electron chi connectivity index (χ4n) is 7.19. The van der Waals surface area contributed by atoms with Crippen LogP contribution in [0.2, 0.25) is 10.0 Å². The molecule has 0 amide bonds. The van der Waals surface area contributed by atoms with E-state index in [0.717, 1.165) is 54.2 Å². The number of aryl methyl sites for hydroxylation is 2. The van der Waals surface area contributed by atoms with Crippen LogP contribution in [0.5, 0.6) is 11.5 Å². The number of benzene rings is 6. The molecule has 66 heavy (non-hydrogen) atoms. The van der Waals surface area contributed by atoms with E-state index in [1.807, 2.05) is 103 Å². The molecule has 0 aliphatic rings. The summed E-state index contributed by atoms with van der Waals surface area (Å²) in [6.45, 7) is 6.40. The second-order valence-electron chi connectivity index (χ2n) is 14.8. The van der Waals surface area contributed by atoms with E-state index in [1.54, 1.807) is 43.3 Å². The normalized spacial score (nSPS) is 10.9. The number of carboxylic acid groups (broad SMARTS) is 1. The zero-order valence-electron chi connectivity index (χ0n) is 35.6. The second-order valence-corrected chi connectivity index (χ2v) is 17.5. The summed E-state index contributed by atoms with van der Waals surface area (Å²) in [7, 11) is 0. The molecule has 0 unspecified atom stereocenters.